The van der Waals surface area contributed by atoms with Crippen LogP contribution in [0.1, 0.15) is 17.1 Å². The van der Waals surface area contributed by atoms with E-state index in [0.29, 0.717) is 6.54 Å². The molecule has 6 heteroatoms. The Labute approximate surface area is 106 Å². The summed E-state index contributed by atoms with van der Waals surface area (Å²) < 4.78 is 1.82. The smallest absolute Gasteiger partial charge is 0.132 e. The lowest BCUT2D eigenvalue weighted by Crippen LogP contribution is -2.05. The Morgan fingerprint density at radius 1 is 1.22 bits per heavy atom. The third-order valence-electron chi connectivity index (χ3n) is 2.67. The lowest BCUT2D eigenvalue weighted by Gasteiger charge is -2.07. The van der Waals surface area contributed by atoms with Gasteiger partial charge in [0.15, 0.2) is 0 Å². The zero-order chi connectivity index (χ0) is 13.1. The zero-order valence-corrected chi connectivity index (χ0v) is 11.2. The van der Waals surface area contributed by atoms with Crippen LogP contribution in [0.25, 0.3) is 0 Å². The van der Waals surface area contributed by atoms with Gasteiger partial charge in [0, 0.05) is 38.5 Å². The average Bonchev–Trinajstić information content (AvgIpc) is 2.64. The summed E-state index contributed by atoms with van der Waals surface area (Å²) in [6.45, 7) is 4.59. The second kappa shape index (κ2) is 5.03. The molecule has 2 N–H and O–H groups in total. The minimum Gasteiger partial charge on any atom is -0.373 e. The molecule has 18 heavy (non-hydrogen) atoms. The fourth-order valence-electron chi connectivity index (χ4n) is 1.79. The predicted molar refractivity (Wildman–Crippen MR) is 71.6 cm³/mol. The number of hydrogen-bond donors (Lipinski definition) is 2. The van der Waals surface area contributed by atoms with E-state index in [-0.39, 0.29) is 0 Å². The van der Waals surface area contributed by atoms with E-state index in [1.54, 1.807) is 0 Å². The molecule has 0 aliphatic rings. The molecule has 96 valence electrons. The van der Waals surface area contributed by atoms with Crippen LogP contribution in [-0.4, -0.2) is 26.8 Å². The van der Waals surface area contributed by atoms with Crippen LogP contribution in [0.3, 0.4) is 0 Å². The molecular formula is C12H18N6. The van der Waals surface area contributed by atoms with Crippen molar-refractivity contribution in [2.45, 2.75) is 20.4 Å². The molecule has 0 aliphatic heterocycles. The summed E-state index contributed by atoms with van der Waals surface area (Å²) in [6, 6.07) is 1.89. The van der Waals surface area contributed by atoms with Crippen molar-refractivity contribution >= 4 is 11.6 Å². The first-order valence-electron chi connectivity index (χ1n) is 5.85. The van der Waals surface area contributed by atoms with Crippen molar-refractivity contribution in [3.05, 3.63) is 29.3 Å². The highest BCUT2D eigenvalue weighted by Crippen LogP contribution is 2.12. The van der Waals surface area contributed by atoms with E-state index in [0.717, 1.165) is 23.2 Å². The normalized spacial score (nSPS) is 10.4. The molecule has 0 saturated heterocycles. The van der Waals surface area contributed by atoms with Crippen LogP contribution in [0.2, 0.25) is 0 Å². The molecule has 2 rings (SSSR count). The Kier molecular flexibility index (Phi) is 3.45. The summed E-state index contributed by atoms with van der Waals surface area (Å²) in [5.74, 6) is 2.37. The Balaban J connectivity index is 2.10. The highest BCUT2D eigenvalue weighted by atomic mass is 15.3. The van der Waals surface area contributed by atoms with E-state index in [4.69, 9.17) is 0 Å². The quantitative estimate of drug-likeness (QED) is 0.855. The van der Waals surface area contributed by atoms with Gasteiger partial charge in [-0.1, -0.05) is 0 Å². The van der Waals surface area contributed by atoms with Gasteiger partial charge in [-0.25, -0.2) is 9.97 Å². The minimum absolute atomic E-state index is 0.708. The van der Waals surface area contributed by atoms with E-state index in [2.05, 4.69) is 25.7 Å². The highest BCUT2D eigenvalue weighted by molar-refractivity contribution is 5.47. The first-order chi connectivity index (χ1) is 8.58. The fourth-order valence-corrected chi connectivity index (χ4v) is 1.79. The van der Waals surface area contributed by atoms with E-state index >= 15 is 0 Å². The van der Waals surface area contributed by atoms with Crippen molar-refractivity contribution in [1.82, 2.24) is 19.7 Å². The van der Waals surface area contributed by atoms with Gasteiger partial charge in [-0.15, -0.1) is 0 Å². The molecule has 0 atom stereocenters. The summed E-state index contributed by atoms with van der Waals surface area (Å²) in [5.41, 5.74) is 2.20. The van der Waals surface area contributed by atoms with E-state index < -0.39 is 0 Å². The first-order valence-corrected chi connectivity index (χ1v) is 5.85. The second-order valence-corrected chi connectivity index (χ2v) is 4.20. The molecule has 0 fully saturated rings. The molecule has 2 heterocycles. The van der Waals surface area contributed by atoms with Crippen LogP contribution in [0, 0.1) is 13.8 Å². The van der Waals surface area contributed by atoms with Gasteiger partial charge in [-0.2, -0.15) is 5.10 Å². The fraction of sp³-hybridized carbons (Fsp3) is 0.417. The number of anilines is 2. The van der Waals surface area contributed by atoms with Crippen LogP contribution >= 0.6 is 0 Å². The highest BCUT2D eigenvalue weighted by Gasteiger charge is 2.04. The van der Waals surface area contributed by atoms with E-state index in [1.807, 2.05) is 44.9 Å². The Morgan fingerprint density at radius 3 is 2.56 bits per heavy atom. The maximum absolute atomic E-state index is 4.34. The molecular weight excluding hydrogens is 228 g/mol. The zero-order valence-electron chi connectivity index (χ0n) is 11.2. The molecule has 0 saturated carbocycles. The Bertz CT molecular complexity index is 545. The SMILES string of the molecule is CNc1cc(NCc2cn(C)nc2C)nc(C)n1. The van der Waals surface area contributed by atoms with Gasteiger partial charge in [-0.3, -0.25) is 4.68 Å². The van der Waals surface area contributed by atoms with Crippen molar-refractivity contribution in [3.8, 4) is 0 Å². The summed E-state index contributed by atoms with van der Waals surface area (Å²) in [4.78, 5) is 8.59. The third kappa shape index (κ3) is 2.77. The molecule has 0 spiro atoms. The van der Waals surface area contributed by atoms with Gasteiger partial charge in [-0.05, 0) is 13.8 Å². The van der Waals surface area contributed by atoms with Crippen molar-refractivity contribution in [2.24, 2.45) is 7.05 Å². The number of nitrogens with zero attached hydrogens (tertiary/aromatic N) is 4. The predicted octanol–water partition coefficient (Wildman–Crippen LogP) is 1.48. The van der Waals surface area contributed by atoms with Crippen LogP contribution in [0.5, 0.6) is 0 Å². The summed E-state index contributed by atoms with van der Waals surface area (Å²) in [5, 5.41) is 10.6. The second-order valence-electron chi connectivity index (χ2n) is 4.20. The topological polar surface area (TPSA) is 67.7 Å². The molecule has 2 aromatic heterocycles. The maximum atomic E-state index is 4.34. The van der Waals surface area contributed by atoms with E-state index in [1.165, 1.54) is 5.56 Å². The monoisotopic (exact) mass is 246 g/mol. The number of aryl methyl sites for hydroxylation is 3. The lowest BCUT2D eigenvalue weighted by atomic mass is 10.2. The standard InChI is InChI=1S/C12H18N6/c1-8-10(7-18(4)17-8)6-14-12-5-11(13-3)15-9(2)16-12/h5,7H,6H2,1-4H3,(H2,13,14,15,16). The van der Waals surface area contributed by atoms with Crippen LogP contribution < -0.4 is 10.6 Å². The molecule has 0 aromatic carbocycles. The summed E-state index contributed by atoms with van der Waals surface area (Å²) in [7, 11) is 3.77. The van der Waals surface area contributed by atoms with Crippen molar-refractivity contribution in [1.29, 1.82) is 0 Å². The molecule has 0 aliphatic carbocycles. The van der Waals surface area contributed by atoms with Crippen molar-refractivity contribution in [2.75, 3.05) is 17.7 Å². The van der Waals surface area contributed by atoms with Crippen molar-refractivity contribution < 1.29 is 0 Å². The van der Waals surface area contributed by atoms with Crippen molar-refractivity contribution in [3.63, 3.8) is 0 Å². The maximum Gasteiger partial charge on any atom is 0.132 e. The van der Waals surface area contributed by atoms with E-state index in [9.17, 15) is 0 Å². The largest absolute Gasteiger partial charge is 0.373 e. The number of nitrogens with one attached hydrogen (secondary N) is 2. The van der Waals surface area contributed by atoms with Gasteiger partial charge < -0.3 is 10.6 Å². The summed E-state index contributed by atoms with van der Waals surface area (Å²) in [6.07, 6.45) is 2.01. The molecule has 0 bridgehead atoms. The lowest BCUT2D eigenvalue weighted by molar-refractivity contribution is 0.756. The van der Waals surface area contributed by atoms with Gasteiger partial charge in [0.05, 0.1) is 5.69 Å². The molecule has 2 aromatic rings. The first kappa shape index (κ1) is 12.3. The Hall–Kier alpha value is -2.11. The summed E-state index contributed by atoms with van der Waals surface area (Å²) >= 11 is 0. The van der Waals surface area contributed by atoms with Crippen LogP contribution in [-0.2, 0) is 13.6 Å². The molecule has 0 unspecified atom stereocenters. The number of hydrogen-bond acceptors (Lipinski definition) is 5. The van der Waals surface area contributed by atoms with Gasteiger partial charge >= 0.3 is 0 Å². The molecule has 6 nitrogen and oxygen atoms in total. The van der Waals surface area contributed by atoms with Gasteiger partial charge in [0.1, 0.15) is 17.5 Å². The minimum atomic E-state index is 0.708. The molecule has 0 radical (unpaired) electrons. The van der Waals surface area contributed by atoms with Gasteiger partial charge in [0.25, 0.3) is 0 Å². The number of rotatable bonds is 4. The van der Waals surface area contributed by atoms with Crippen LogP contribution in [0.4, 0.5) is 11.6 Å². The number of aromatic nitrogens is 4. The van der Waals surface area contributed by atoms with Crippen LogP contribution in [0.15, 0.2) is 12.3 Å². The Morgan fingerprint density at radius 2 is 1.94 bits per heavy atom. The van der Waals surface area contributed by atoms with Gasteiger partial charge in [0.2, 0.25) is 0 Å². The third-order valence-corrected chi connectivity index (χ3v) is 2.67. The average molecular weight is 246 g/mol. The molecule has 0 amide bonds.